The molecule has 0 atom stereocenters. The summed E-state index contributed by atoms with van der Waals surface area (Å²) < 4.78 is 1.92. The zero-order valence-electron chi connectivity index (χ0n) is 18.1. The molecule has 168 valence electrons. The molecule has 2 amide bonds. The number of nitrogens with one attached hydrogen (secondary N) is 1. The topological polar surface area (TPSA) is 70.0 Å². The lowest BCUT2D eigenvalue weighted by atomic mass is 10.1. The quantitative estimate of drug-likeness (QED) is 0.691. The van der Waals surface area contributed by atoms with Crippen LogP contribution in [0.1, 0.15) is 67.5 Å². The molecule has 2 aromatic rings. The van der Waals surface area contributed by atoms with Gasteiger partial charge in [-0.1, -0.05) is 30.9 Å². The fraction of sp³-hybridized carbons (Fsp3) is 0.609. The number of pyridine rings is 1. The summed E-state index contributed by atoms with van der Waals surface area (Å²) in [5.41, 5.74) is 2.06. The first-order chi connectivity index (χ1) is 15.1. The Bertz CT molecular complexity index is 920. The number of halogens is 1. The predicted octanol–water partition coefficient (Wildman–Crippen LogP) is 3.50. The molecule has 1 N–H and O–H groups in total. The Balaban J connectivity index is 1.49. The van der Waals surface area contributed by atoms with Crippen LogP contribution in [-0.4, -0.2) is 63.7 Å². The van der Waals surface area contributed by atoms with Crippen molar-refractivity contribution in [3.05, 3.63) is 34.7 Å². The van der Waals surface area contributed by atoms with Gasteiger partial charge in [0.05, 0.1) is 10.7 Å². The van der Waals surface area contributed by atoms with E-state index < -0.39 is 0 Å². The van der Waals surface area contributed by atoms with Gasteiger partial charge in [-0.25, -0.2) is 4.98 Å². The number of amides is 2. The molecule has 0 radical (unpaired) electrons. The molecular formula is C23H32ClN5O2. The molecule has 8 heteroatoms. The van der Waals surface area contributed by atoms with Crippen LogP contribution < -0.4 is 5.32 Å². The molecule has 0 bridgehead atoms. The lowest BCUT2D eigenvalue weighted by Crippen LogP contribution is -2.40. The molecule has 0 aliphatic carbocycles. The van der Waals surface area contributed by atoms with Crippen molar-refractivity contribution in [2.24, 2.45) is 0 Å². The Morgan fingerprint density at radius 1 is 1.03 bits per heavy atom. The highest BCUT2D eigenvalue weighted by Crippen LogP contribution is 2.20. The van der Waals surface area contributed by atoms with Crippen molar-refractivity contribution in [2.75, 3.05) is 32.7 Å². The SMILES string of the molecule is O=C1CCCCN1CCNCc1c(C(=O)N2CCCCCCC2)nc2ccc(Cl)cn12. The number of nitrogens with zero attached hydrogens (tertiary/aromatic N) is 4. The second-order valence-electron chi connectivity index (χ2n) is 8.56. The first-order valence-corrected chi connectivity index (χ1v) is 12.0. The first kappa shape index (κ1) is 22.1. The molecule has 2 aliphatic rings. The van der Waals surface area contributed by atoms with Gasteiger partial charge < -0.3 is 19.5 Å². The van der Waals surface area contributed by atoms with Crippen molar-refractivity contribution in [3.8, 4) is 0 Å². The van der Waals surface area contributed by atoms with Crippen molar-refractivity contribution in [3.63, 3.8) is 0 Å². The second kappa shape index (κ2) is 10.5. The average Bonchev–Trinajstić information content (AvgIpc) is 3.09. The second-order valence-corrected chi connectivity index (χ2v) is 8.99. The van der Waals surface area contributed by atoms with Crippen molar-refractivity contribution in [2.45, 2.75) is 57.9 Å². The van der Waals surface area contributed by atoms with E-state index in [1.165, 1.54) is 19.3 Å². The highest BCUT2D eigenvalue weighted by molar-refractivity contribution is 6.30. The van der Waals surface area contributed by atoms with E-state index in [2.05, 4.69) is 10.3 Å². The maximum atomic E-state index is 13.4. The maximum Gasteiger partial charge on any atom is 0.274 e. The summed E-state index contributed by atoms with van der Waals surface area (Å²) in [4.78, 5) is 34.0. The Labute approximate surface area is 188 Å². The van der Waals surface area contributed by atoms with Crippen LogP contribution in [0.4, 0.5) is 0 Å². The zero-order valence-corrected chi connectivity index (χ0v) is 18.9. The van der Waals surface area contributed by atoms with Crippen LogP contribution in [0, 0.1) is 0 Å². The van der Waals surface area contributed by atoms with Gasteiger partial charge in [-0.05, 0) is 37.8 Å². The minimum atomic E-state index is 0.00438. The third kappa shape index (κ3) is 5.39. The number of carbonyl (C=O) groups excluding carboxylic acids is 2. The van der Waals surface area contributed by atoms with Crippen LogP contribution >= 0.6 is 11.6 Å². The average molecular weight is 446 g/mol. The third-order valence-electron chi connectivity index (χ3n) is 6.30. The molecule has 2 saturated heterocycles. The van der Waals surface area contributed by atoms with Crippen molar-refractivity contribution < 1.29 is 9.59 Å². The van der Waals surface area contributed by atoms with Gasteiger partial charge in [0.25, 0.3) is 5.91 Å². The number of imidazole rings is 1. The van der Waals surface area contributed by atoms with Gasteiger partial charge in [-0.3, -0.25) is 9.59 Å². The van der Waals surface area contributed by atoms with Crippen molar-refractivity contribution in [1.82, 2.24) is 24.5 Å². The third-order valence-corrected chi connectivity index (χ3v) is 6.52. The van der Waals surface area contributed by atoms with Gasteiger partial charge in [0, 0.05) is 51.9 Å². The van der Waals surface area contributed by atoms with Gasteiger partial charge >= 0.3 is 0 Å². The molecule has 0 spiro atoms. The fourth-order valence-electron chi connectivity index (χ4n) is 4.53. The van der Waals surface area contributed by atoms with E-state index in [0.717, 1.165) is 56.7 Å². The number of aromatic nitrogens is 2. The zero-order chi connectivity index (χ0) is 21.6. The summed E-state index contributed by atoms with van der Waals surface area (Å²) in [5, 5.41) is 4.03. The van der Waals surface area contributed by atoms with Crippen LogP contribution in [0.5, 0.6) is 0 Å². The summed E-state index contributed by atoms with van der Waals surface area (Å²) in [6.45, 7) is 4.28. The number of piperidine rings is 1. The van der Waals surface area contributed by atoms with Crippen molar-refractivity contribution >= 4 is 29.1 Å². The van der Waals surface area contributed by atoms with Crippen LogP contribution in [0.15, 0.2) is 18.3 Å². The Kier molecular flexibility index (Phi) is 7.45. The minimum Gasteiger partial charge on any atom is -0.341 e. The van der Waals surface area contributed by atoms with Gasteiger partial charge in [0.15, 0.2) is 5.69 Å². The van der Waals surface area contributed by atoms with Crippen LogP contribution in [-0.2, 0) is 11.3 Å². The molecular weight excluding hydrogens is 414 g/mol. The van der Waals surface area contributed by atoms with E-state index in [0.29, 0.717) is 36.8 Å². The first-order valence-electron chi connectivity index (χ1n) is 11.6. The monoisotopic (exact) mass is 445 g/mol. The fourth-order valence-corrected chi connectivity index (χ4v) is 4.69. The molecule has 0 saturated carbocycles. The number of hydrogen-bond donors (Lipinski definition) is 1. The van der Waals surface area contributed by atoms with E-state index >= 15 is 0 Å². The van der Waals surface area contributed by atoms with E-state index in [4.69, 9.17) is 11.6 Å². The van der Waals surface area contributed by atoms with Crippen LogP contribution in [0.2, 0.25) is 5.02 Å². The van der Waals surface area contributed by atoms with Gasteiger partial charge in [0.1, 0.15) is 5.65 Å². The van der Waals surface area contributed by atoms with Gasteiger partial charge in [-0.15, -0.1) is 0 Å². The molecule has 2 aliphatic heterocycles. The molecule has 7 nitrogen and oxygen atoms in total. The van der Waals surface area contributed by atoms with Gasteiger partial charge in [-0.2, -0.15) is 0 Å². The largest absolute Gasteiger partial charge is 0.341 e. The summed E-state index contributed by atoms with van der Waals surface area (Å²) in [6, 6.07) is 3.65. The van der Waals surface area contributed by atoms with E-state index in [1.54, 1.807) is 6.07 Å². The summed E-state index contributed by atoms with van der Waals surface area (Å²) >= 11 is 6.24. The molecule has 2 fully saturated rings. The number of carbonyl (C=O) groups is 2. The predicted molar refractivity (Wildman–Crippen MR) is 121 cm³/mol. The van der Waals surface area contributed by atoms with E-state index in [-0.39, 0.29) is 11.8 Å². The Morgan fingerprint density at radius 3 is 2.55 bits per heavy atom. The van der Waals surface area contributed by atoms with E-state index in [9.17, 15) is 9.59 Å². The van der Waals surface area contributed by atoms with Gasteiger partial charge in [0.2, 0.25) is 5.91 Å². The number of hydrogen-bond acceptors (Lipinski definition) is 4. The highest BCUT2D eigenvalue weighted by atomic mass is 35.5. The number of fused-ring (bicyclic) bond motifs is 1. The summed E-state index contributed by atoms with van der Waals surface area (Å²) in [7, 11) is 0. The number of likely N-dealkylation sites (tertiary alicyclic amines) is 2. The molecule has 2 aromatic heterocycles. The van der Waals surface area contributed by atoms with Crippen molar-refractivity contribution in [1.29, 1.82) is 0 Å². The lowest BCUT2D eigenvalue weighted by Gasteiger charge is -2.26. The lowest BCUT2D eigenvalue weighted by molar-refractivity contribution is -0.133. The Morgan fingerprint density at radius 2 is 1.77 bits per heavy atom. The standard InChI is InChI=1S/C23H32ClN5O2/c24-18-9-10-20-26-22(23(31)28-13-5-2-1-3-6-14-28)19(29(20)17-18)16-25-11-15-27-12-7-4-8-21(27)30/h9-10,17,25H,1-8,11-16H2. The minimum absolute atomic E-state index is 0.00438. The maximum absolute atomic E-state index is 13.4. The normalized spacial score (nSPS) is 18.3. The summed E-state index contributed by atoms with van der Waals surface area (Å²) in [6.07, 6.45) is 10.2. The van der Waals surface area contributed by atoms with Crippen LogP contribution in [0.3, 0.4) is 0 Å². The molecule has 0 aromatic carbocycles. The molecule has 0 unspecified atom stereocenters. The molecule has 31 heavy (non-hydrogen) atoms. The van der Waals surface area contributed by atoms with Crippen LogP contribution in [0.25, 0.3) is 5.65 Å². The Hall–Kier alpha value is -2.12. The smallest absolute Gasteiger partial charge is 0.274 e. The molecule has 4 rings (SSSR count). The highest BCUT2D eigenvalue weighted by Gasteiger charge is 2.24. The molecule has 4 heterocycles. The number of rotatable bonds is 6. The van der Waals surface area contributed by atoms with E-state index in [1.807, 2.05) is 26.5 Å². The summed E-state index contributed by atoms with van der Waals surface area (Å²) in [5.74, 6) is 0.243.